The largest absolute Gasteiger partial charge is 0.493 e. The van der Waals surface area contributed by atoms with Crippen molar-refractivity contribution >= 4 is 33.1 Å². The number of amides is 1. The first kappa shape index (κ1) is 19.1. The second kappa shape index (κ2) is 7.92. The molecule has 1 amide bonds. The van der Waals surface area contributed by atoms with Crippen LogP contribution in [0.5, 0.6) is 11.5 Å². The van der Waals surface area contributed by atoms with Gasteiger partial charge in [-0.15, -0.1) is 11.3 Å². The van der Waals surface area contributed by atoms with E-state index in [9.17, 15) is 4.79 Å². The number of nitrogens with zero attached hydrogens (tertiary/aromatic N) is 2. The number of ether oxygens (including phenoxy) is 2. The summed E-state index contributed by atoms with van der Waals surface area (Å²) in [6, 6.07) is 5.35. The van der Waals surface area contributed by atoms with E-state index in [0.29, 0.717) is 28.7 Å². The lowest BCUT2D eigenvalue weighted by Gasteiger charge is -2.11. The smallest absolute Gasteiger partial charge is 0.266 e. The minimum absolute atomic E-state index is 0.167. The van der Waals surface area contributed by atoms with Crippen LogP contribution in [0.2, 0.25) is 0 Å². The number of fused-ring (bicyclic) bond motifs is 1. The topological polar surface area (TPSA) is 73.3 Å². The molecule has 3 rings (SSSR count). The molecule has 0 atom stereocenters. The summed E-state index contributed by atoms with van der Waals surface area (Å²) < 4.78 is 10.9. The van der Waals surface area contributed by atoms with Gasteiger partial charge in [-0.25, -0.2) is 9.97 Å². The minimum atomic E-state index is -0.167. The average molecular weight is 385 g/mol. The fourth-order valence-corrected chi connectivity index (χ4v) is 4.12. The van der Waals surface area contributed by atoms with Gasteiger partial charge >= 0.3 is 0 Å². The lowest BCUT2D eigenvalue weighted by atomic mass is 10.1. The highest BCUT2D eigenvalue weighted by Gasteiger charge is 2.19. The van der Waals surface area contributed by atoms with Crippen molar-refractivity contribution in [3.05, 3.63) is 40.2 Å². The summed E-state index contributed by atoms with van der Waals surface area (Å²) in [5.74, 6) is 1.86. The quantitative estimate of drug-likeness (QED) is 0.675. The average Bonchev–Trinajstić information content (AvgIpc) is 3.00. The van der Waals surface area contributed by atoms with Crippen LogP contribution in [0.15, 0.2) is 18.2 Å². The van der Waals surface area contributed by atoms with Gasteiger partial charge in [-0.3, -0.25) is 4.79 Å². The maximum absolute atomic E-state index is 12.9. The van der Waals surface area contributed by atoms with Gasteiger partial charge in [0.05, 0.1) is 18.6 Å². The van der Waals surface area contributed by atoms with E-state index in [2.05, 4.69) is 15.3 Å². The second-order valence-electron chi connectivity index (χ2n) is 6.07. The van der Waals surface area contributed by atoms with Crippen LogP contribution in [-0.2, 0) is 6.42 Å². The number of carbonyl (C=O) groups is 1. The second-order valence-corrected chi connectivity index (χ2v) is 7.07. The Bertz CT molecular complexity index is 998. The summed E-state index contributed by atoms with van der Waals surface area (Å²) in [5, 5.41) is 3.90. The molecule has 2 heterocycles. The van der Waals surface area contributed by atoms with Gasteiger partial charge in [0.15, 0.2) is 11.5 Å². The molecular weight excluding hydrogens is 362 g/mol. The van der Waals surface area contributed by atoms with Crippen molar-refractivity contribution in [2.45, 2.75) is 34.1 Å². The van der Waals surface area contributed by atoms with Crippen LogP contribution in [0, 0.1) is 13.8 Å². The van der Waals surface area contributed by atoms with E-state index in [0.717, 1.165) is 33.7 Å². The third-order valence-corrected chi connectivity index (χ3v) is 5.45. The summed E-state index contributed by atoms with van der Waals surface area (Å²) >= 11 is 1.40. The van der Waals surface area contributed by atoms with Gasteiger partial charge in [-0.05, 0) is 38.5 Å². The summed E-state index contributed by atoms with van der Waals surface area (Å²) in [7, 11) is 1.58. The predicted molar refractivity (Wildman–Crippen MR) is 108 cm³/mol. The van der Waals surface area contributed by atoms with Crippen LogP contribution in [0.3, 0.4) is 0 Å². The highest BCUT2D eigenvalue weighted by atomic mass is 32.1. The number of hydrogen-bond donors (Lipinski definition) is 1. The van der Waals surface area contributed by atoms with Gasteiger partial charge in [0.25, 0.3) is 5.91 Å². The molecule has 142 valence electrons. The first-order chi connectivity index (χ1) is 13.0. The molecule has 1 N–H and O–H groups in total. The number of hydrogen-bond acceptors (Lipinski definition) is 6. The lowest BCUT2D eigenvalue weighted by molar-refractivity contribution is 0.103. The molecule has 0 spiro atoms. The SMILES string of the molecule is CCOc1ccc(NC(=O)c2sc3nc(CC)nc(C)c3c2C)cc1OC. The van der Waals surface area contributed by atoms with E-state index >= 15 is 0 Å². The van der Waals surface area contributed by atoms with Crippen LogP contribution in [0.1, 0.15) is 40.6 Å². The zero-order valence-electron chi connectivity index (χ0n) is 16.2. The van der Waals surface area contributed by atoms with Crippen molar-refractivity contribution < 1.29 is 14.3 Å². The van der Waals surface area contributed by atoms with Crippen molar-refractivity contribution in [3.63, 3.8) is 0 Å². The monoisotopic (exact) mass is 385 g/mol. The third-order valence-electron chi connectivity index (χ3n) is 4.26. The molecule has 0 aliphatic rings. The number of benzene rings is 1. The van der Waals surface area contributed by atoms with Crippen molar-refractivity contribution in [3.8, 4) is 11.5 Å². The maximum Gasteiger partial charge on any atom is 0.266 e. The Hall–Kier alpha value is -2.67. The van der Waals surface area contributed by atoms with E-state index in [1.165, 1.54) is 11.3 Å². The van der Waals surface area contributed by atoms with E-state index < -0.39 is 0 Å². The van der Waals surface area contributed by atoms with Crippen LogP contribution in [-0.4, -0.2) is 29.6 Å². The standard InChI is InChI=1S/C20H23N3O3S/c1-6-16-21-12(4)17-11(3)18(27-20(17)23-16)19(24)22-13-8-9-14(26-7-2)15(10-13)25-5/h8-10H,6-7H2,1-5H3,(H,22,24). The molecular formula is C20H23N3O3S. The normalized spacial score (nSPS) is 10.9. The minimum Gasteiger partial charge on any atom is -0.493 e. The molecule has 0 unspecified atom stereocenters. The number of aromatic nitrogens is 2. The molecule has 7 heteroatoms. The van der Waals surface area contributed by atoms with Crippen LogP contribution >= 0.6 is 11.3 Å². The van der Waals surface area contributed by atoms with Gasteiger partial charge in [-0.1, -0.05) is 6.92 Å². The molecule has 0 bridgehead atoms. The molecule has 3 aromatic rings. The Balaban J connectivity index is 1.92. The fraction of sp³-hybridized carbons (Fsp3) is 0.350. The van der Waals surface area contributed by atoms with Crippen molar-refractivity contribution in [1.29, 1.82) is 0 Å². The van der Waals surface area contributed by atoms with E-state index in [4.69, 9.17) is 9.47 Å². The van der Waals surface area contributed by atoms with Crippen LogP contribution in [0.25, 0.3) is 10.2 Å². The summed E-state index contributed by atoms with van der Waals surface area (Å²) in [5.41, 5.74) is 2.46. The number of rotatable bonds is 6. The number of nitrogens with one attached hydrogen (secondary N) is 1. The Labute approximate surface area is 162 Å². The van der Waals surface area contributed by atoms with E-state index in [1.807, 2.05) is 27.7 Å². The third kappa shape index (κ3) is 3.73. The van der Waals surface area contributed by atoms with Gasteiger partial charge < -0.3 is 14.8 Å². The van der Waals surface area contributed by atoms with Crippen molar-refractivity contribution in [1.82, 2.24) is 9.97 Å². The first-order valence-corrected chi connectivity index (χ1v) is 9.68. The molecule has 0 fully saturated rings. The molecule has 6 nitrogen and oxygen atoms in total. The molecule has 0 saturated heterocycles. The van der Waals surface area contributed by atoms with Gasteiger partial charge in [-0.2, -0.15) is 0 Å². The summed E-state index contributed by atoms with van der Waals surface area (Å²) in [6.45, 7) is 8.38. The first-order valence-electron chi connectivity index (χ1n) is 8.87. The molecule has 0 aliphatic carbocycles. The van der Waals surface area contributed by atoms with E-state index in [-0.39, 0.29) is 5.91 Å². The number of anilines is 1. The molecule has 1 aromatic carbocycles. The molecule has 0 aliphatic heterocycles. The van der Waals surface area contributed by atoms with Crippen LogP contribution < -0.4 is 14.8 Å². The number of carbonyl (C=O) groups excluding carboxylic acids is 1. The number of aryl methyl sites for hydroxylation is 3. The predicted octanol–water partition coefficient (Wildman–Crippen LogP) is 4.53. The van der Waals surface area contributed by atoms with E-state index in [1.54, 1.807) is 25.3 Å². The van der Waals surface area contributed by atoms with Gasteiger partial charge in [0, 0.05) is 29.3 Å². The highest BCUT2D eigenvalue weighted by Crippen LogP contribution is 2.33. The zero-order chi connectivity index (χ0) is 19.6. The van der Waals surface area contributed by atoms with Crippen molar-refractivity contribution in [2.24, 2.45) is 0 Å². The Morgan fingerprint density at radius 3 is 2.63 bits per heavy atom. The van der Waals surface area contributed by atoms with Gasteiger partial charge in [0.1, 0.15) is 10.7 Å². The Morgan fingerprint density at radius 2 is 1.96 bits per heavy atom. The lowest BCUT2D eigenvalue weighted by Crippen LogP contribution is -2.11. The Morgan fingerprint density at radius 1 is 1.19 bits per heavy atom. The molecule has 0 saturated carbocycles. The summed E-state index contributed by atoms with van der Waals surface area (Å²) in [4.78, 5) is 23.5. The zero-order valence-corrected chi connectivity index (χ0v) is 17.0. The number of methoxy groups -OCH3 is 1. The Kier molecular flexibility index (Phi) is 5.60. The maximum atomic E-state index is 12.9. The van der Waals surface area contributed by atoms with Gasteiger partial charge in [0.2, 0.25) is 0 Å². The summed E-state index contributed by atoms with van der Waals surface area (Å²) in [6.07, 6.45) is 0.765. The molecule has 27 heavy (non-hydrogen) atoms. The highest BCUT2D eigenvalue weighted by molar-refractivity contribution is 7.20. The van der Waals surface area contributed by atoms with Crippen LogP contribution in [0.4, 0.5) is 5.69 Å². The molecule has 0 radical (unpaired) electrons. The van der Waals surface area contributed by atoms with Crippen molar-refractivity contribution in [2.75, 3.05) is 19.0 Å². The number of thiophene rings is 1. The molecule has 2 aromatic heterocycles. The fourth-order valence-electron chi connectivity index (χ4n) is 2.98.